The van der Waals surface area contributed by atoms with Crippen LogP contribution in [0, 0.1) is 0 Å². The molecule has 3 aromatic rings. The monoisotopic (exact) mass is 369 g/mol. The number of fused-ring (bicyclic) bond motifs is 1. The molecule has 1 atom stereocenters. The lowest BCUT2D eigenvalue weighted by atomic mass is 10.0. The number of nitrogens with one attached hydrogen (secondary N) is 1. The maximum Gasteiger partial charge on any atom is 0.179 e. The van der Waals surface area contributed by atoms with E-state index in [1.54, 1.807) is 7.11 Å². The van der Waals surface area contributed by atoms with Gasteiger partial charge in [-0.05, 0) is 53.9 Å². The van der Waals surface area contributed by atoms with Gasteiger partial charge in [0.1, 0.15) is 0 Å². The minimum absolute atomic E-state index is 0.219. The smallest absolute Gasteiger partial charge is 0.179 e. The Morgan fingerprint density at radius 3 is 2.54 bits per heavy atom. The standard InChI is InChI=1S/C22H24ClNO2/c1-4-26-21-12-16(11-20(23)22(21)25-3)14-24-15(2)18-10-9-17-7-5-6-8-19(17)13-18/h5-13,15,24H,4,14H2,1-3H3. The van der Waals surface area contributed by atoms with Crippen LogP contribution in [-0.2, 0) is 6.54 Å². The number of methoxy groups -OCH3 is 1. The molecule has 4 heteroatoms. The quantitative estimate of drug-likeness (QED) is 0.575. The van der Waals surface area contributed by atoms with E-state index in [1.165, 1.54) is 16.3 Å². The molecule has 0 heterocycles. The summed E-state index contributed by atoms with van der Waals surface area (Å²) in [6.07, 6.45) is 0. The van der Waals surface area contributed by atoms with Crippen molar-refractivity contribution in [3.8, 4) is 11.5 Å². The first-order chi connectivity index (χ1) is 12.6. The number of benzene rings is 3. The van der Waals surface area contributed by atoms with Crippen LogP contribution in [0.4, 0.5) is 0 Å². The summed E-state index contributed by atoms with van der Waals surface area (Å²) < 4.78 is 11.0. The van der Waals surface area contributed by atoms with Gasteiger partial charge in [0.25, 0.3) is 0 Å². The van der Waals surface area contributed by atoms with Crippen LogP contribution in [0.1, 0.15) is 31.0 Å². The average Bonchev–Trinajstić information content (AvgIpc) is 2.66. The van der Waals surface area contributed by atoms with Crippen molar-refractivity contribution < 1.29 is 9.47 Å². The Morgan fingerprint density at radius 1 is 1.04 bits per heavy atom. The van der Waals surface area contributed by atoms with Gasteiger partial charge in [-0.25, -0.2) is 0 Å². The fourth-order valence-electron chi connectivity index (χ4n) is 3.05. The lowest BCUT2D eigenvalue weighted by molar-refractivity contribution is 0.310. The van der Waals surface area contributed by atoms with Gasteiger partial charge < -0.3 is 14.8 Å². The van der Waals surface area contributed by atoms with Gasteiger partial charge >= 0.3 is 0 Å². The summed E-state index contributed by atoms with van der Waals surface area (Å²) in [7, 11) is 1.60. The van der Waals surface area contributed by atoms with Crippen LogP contribution in [0.3, 0.4) is 0 Å². The minimum Gasteiger partial charge on any atom is -0.491 e. The van der Waals surface area contributed by atoms with Gasteiger partial charge in [0.05, 0.1) is 18.7 Å². The van der Waals surface area contributed by atoms with Gasteiger partial charge in [0.2, 0.25) is 0 Å². The highest BCUT2D eigenvalue weighted by Gasteiger charge is 2.12. The molecule has 0 radical (unpaired) electrons. The normalized spacial score (nSPS) is 12.2. The highest BCUT2D eigenvalue weighted by Crippen LogP contribution is 2.36. The largest absolute Gasteiger partial charge is 0.491 e. The van der Waals surface area contributed by atoms with Crippen LogP contribution in [0.5, 0.6) is 11.5 Å². The van der Waals surface area contributed by atoms with E-state index in [1.807, 2.05) is 19.1 Å². The molecule has 3 rings (SSSR count). The molecule has 0 aliphatic heterocycles. The highest BCUT2D eigenvalue weighted by molar-refractivity contribution is 6.32. The first-order valence-corrected chi connectivity index (χ1v) is 9.21. The molecular formula is C22H24ClNO2. The molecule has 3 aromatic carbocycles. The van der Waals surface area contributed by atoms with Gasteiger partial charge in [0, 0.05) is 12.6 Å². The molecule has 0 amide bonds. The molecule has 0 aromatic heterocycles. The molecule has 26 heavy (non-hydrogen) atoms. The maximum atomic E-state index is 6.34. The third-order valence-electron chi connectivity index (χ3n) is 4.46. The summed E-state index contributed by atoms with van der Waals surface area (Å²) in [5.41, 5.74) is 2.32. The van der Waals surface area contributed by atoms with E-state index in [-0.39, 0.29) is 6.04 Å². The van der Waals surface area contributed by atoms with E-state index in [0.29, 0.717) is 29.7 Å². The first-order valence-electron chi connectivity index (χ1n) is 8.83. The molecule has 3 nitrogen and oxygen atoms in total. The molecule has 0 saturated carbocycles. The summed E-state index contributed by atoms with van der Waals surface area (Å²) in [6, 6.07) is 19.1. The van der Waals surface area contributed by atoms with E-state index in [4.69, 9.17) is 21.1 Å². The zero-order chi connectivity index (χ0) is 18.5. The van der Waals surface area contributed by atoms with E-state index >= 15 is 0 Å². The fraction of sp³-hybridized carbons (Fsp3) is 0.273. The van der Waals surface area contributed by atoms with Crippen LogP contribution in [-0.4, -0.2) is 13.7 Å². The van der Waals surface area contributed by atoms with Crippen LogP contribution in [0.15, 0.2) is 54.6 Å². The van der Waals surface area contributed by atoms with E-state index < -0.39 is 0 Å². The van der Waals surface area contributed by atoms with Crippen molar-refractivity contribution in [3.05, 3.63) is 70.7 Å². The van der Waals surface area contributed by atoms with Crippen molar-refractivity contribution in [2.75, 3.05) is 13.7 Å². The summed E-state index contributed by atoms with van der Waals surface area (Å²) in [5.74, 6) is 1.26. The average molecular weight is 370 g/mol. The Balaban J connectivity index is 1.74. The summed E-state index contributed by atoms with van der Waals surface area (Å²) >= 11 is 6.34. The van der Waals surface area contributed by atoms with Crippen molar-refractivity contribution in [1.82, 2.24) is 5.32 Å². The molecule has 0 aliphatic rings. The zero-order valence-electron chi connectivity index (χ0n) is 15.4. The summed E-state index contributed by atoms with van der Waals surface area (Å²) in [5, 5.41) is 6.63. The number of halogens is 1. The van der Waals surface area contributed by atoms with Crippen molar-refractivity contribution in [2.24, 2.45) is 0 Å². The Bertz CT molecular complexity index is 894. The molecule has 0 aliphatic carbocycles. The summed E-state index contributed by atoms with van der Waals surface area (Å²) in [6.45, 7) is 5.37. The Labute approximate surface area is 159 Å². The molecule has 0 fully saturated rings. The topological polar surface area (TPSA) is 30.5 Å². The number of rotatable bonds is 7. The van der Waals surface area contributed by atoms with E-state index in [9.17, 15) is 0 Å². The maximum absolute atomic E-state index is 6.34. The number of hydrogen-bond acceptors (Lipinski definition) is 3. The van der Waals surface area contributed by atoms with E-state index in [2.05, 4.69) is 54.7 Å². The van der Waals surface area contributed by atoms with Crippen LogP contribution < -0.4 is 14.8 Å². The number of hydrogen-bond donors (Lipinski definition) is 1. The molecular weight excluding hydrogens is 346 g/mol. The predicted molar refractivity (Wildman–Crippen MR) is 108 cm³/mol. The van der Waals surface area contributed by atoms with Crippen LogP contribution >= 0.6 is 11.6 Å². The zero-order valence-corrected chi connectivity index (χ0v) is 16.1. The van der Waals surface area contributed by atoms with Crippen LogP contribution in [0.25, 0.3) is 10.8 Å². The Kier molecular flexibility index (Phi) is 6.02. The van der Waals surface area contributed by atoms with Gasteiger partial charge in [0.15, 0.2) is 11.5 Å². The third-order valence-corrected chi connectivity index (χ3v) is 4.74. The second kappa shape index (κ2) is 8.43. The summed E-state index contributed by atoms with van der Waals surface area (Å²) in [4.78, 5) is 0. The number of ether oxygens (including phenoxy) is 2. The predicted octanol–water partition coefficient (Wildman–Crippen LogP) is 5.75. The molecule has 1 N–H and O–H groups in total. The molecule has 0 saturated heterocycles. The van der Waals surface area contributed by atoms with E-state index in [0.717, 1.165) is 5.56 Å². The van der Waals surface area contributed by atoms with Crippen molar-refractivity contribution in [3.63, 3.8) is 0 Å². The van der Waals surface area contributed by atoms with Crippen molar-refractivity contribution >= 4 is 22.4 Å². The Hall–Kier alpha value is -2.23. The van der Waals surface area contributed by atoms with Crippen molar-refractivity contribution in [1.29, 1.82) is 0 Å². The molecule has 1 unspecified atom stereocenters. The Morgan fingerprint density at radius 2 is 1.81 bits per heavy atom. The highest BCUT2D eigenvalue weighted by atomic mass is 35.5. The SMILES string of the molecule is CCOc1cc(CNC(C)c2ccc3ccccc3c2)cc(Cl)c1OC. The second-order valence-electron chi connectivity index (χ2n) is 6.25. The minimum atomic E-state index is 0.219. The van der Waals surface area contributed by atoms with Gasteiger partial charge in [-0.1, -0.05) is 48.0 Å². The molecule has 136 valence electrons. The molecule has 0 spiro atoms. The van der Waals surface area contributed by atoms with Crippen LogP contribution in [0.2, 0.25) is 5.02 Å². The lowest BCUT2D eigenvalue weighted by Crippen LogP contribution is -2.18. The first kappa shape index (κ1) is 18.6. The fourth-order valence-corrected chi connectivity index (χ4v) is 3.36. The van der Waals surface area contributed by atoms with Gasteiger partial charge in [-0.3, -0.25) is 0 Å². The van der Waals surface area contributed by atoms with Gasteiger partial charge in [-0.15, -0.1) is 0 Å². The molecule has 0 bridgehead atoms. The van der Waals surface area contributed by atoms with Gasteiger partial charge in [-0.2, -0.15) is 0 Å². The second-order valence-corrected chi connectivity index (χ2v) is 6.66. The third kappa shape index (κ3) is 4.12. The lowest BCUT2D eigenvalue weighted by Gasteiger charge is -2.17. The van der Waals surface area contributed by atoms with Crippen molar-refractivity contribution in [2.45, 2.75) is 26.4 Å².